The second kappa shape index (κ2) is 6.89. The van der Waals surface area contributed by atoms with Gasteiger partial charge in [-0.25, -0.2) is 4.84 Å². The van der Waals surface area contributed by atoms with Crippen molar-refractivity contribution in [2.75, 3.05) is 18.6 Å². The summed E-state index contributed by atoms with van der Waals surface area (Å²) < 4.78 is 0. The minimum atomic E-state index is -0.274. The van der Waals surface area contributed by atoms with Gasteiger partial charge in [-0.05, 0) is 18.4 Å². The first kappa shape index (κ1) is 9.78. The molecule has 0 saturated heterocycles. The van der Waals surface area contributed by atoms with Crippen LogP contribution in [0.25, 0.3) is 0 Å². The van der Waals surface area contributed by atoms with Gasteiger partial charge in [-0.15, -0.1) is 0 Å². The van der Waals surface area contributed by atoms with Crippen molar-refractivity contribution in [1.29, 1.82) is 0 Å². The Labute approximate surface area is 65.5 Å². The minimum Gasteiger partial charge on any atom is -0.271 e. The van der Waals surface area contributed by atoms with Crippen LogP contribution in [-0.2, 0) is 9.63 Å². The predicted molar refractivity (Wildman–Crippen MR) is 41.8 cm³/mol. The van der Waals surface area contributed by atoms with Gasteiger partial charge >= 0.3 is 0 Å². The highest BCUT2D eigenvalue weighted by Crippen LogP contribution is 1.94. The van der Waals surface area contributed by atoms with E-state index in [-0.39, 0.29) is 5.91 Å². The van der Waals surface area contributed by atoms with Gasteiger partial charge in [0.1, 0.15) is 0 Å². The molecule has 0 aromatic rings. The molecular formula is C6H12NO2S. The van der Waals surface area contributed by atoms with Gasteiger partial charge < -0.3 is 0 Å². The molecule has 0 saturated carbocycles. The number of thioether (sulfide) groups is 1. The summed E-state index contributed by atoms with van der Waals surface area (Å²) in [5.74, 6) is 0.775. The summed E-state index contributed by atoms with van der Waals surface area (Å²) in [6.07, 6.45) is 2.97. The molecule has 0 aliphatic rings. The van der Waals surface area contributed by atoms with Crippen LogP contribution in [-0.4, -0.2) is 24.5 Å². The molecule has 0 aromatic carbocycles. The van der Waals surface area contributed by atoms with Crippen molar-refractivity contribution in [3.8, 4) is 0 Å². The number of hydroxylamine groups is 1. The highest BCUT2D eigenvalue weighted by Gasteiger charge is 1.92. The molecule has 0 aromatic heterocycles. The van der Waals surface area contributed by atoms with E-state index < -0.39 is 0 Å². The first-order valence-electron chi connectivity index (χ1n) is 3.10. The Morgan fingerprint density at radius 3 is 2.90 bits per heavy atom. The van der Waals surface area contributed by atoms with Gasteiger partial charge in [-0.3, -0.25) is 4.79 Å². The first-order chi connectivity index (χ1) is 4.77. The lowest BCUT2D eigenvalue weighted by atomic mass is 10.5. The number of nitrogens with zero attached hydrogens (tertiary/aromatic N) is 1. The molecule has 0 rings (SSSR count). The molecule has 0 aliphatic carbocycles. The summed E-state index contributed by atoms with van der Waals surface area (Å²) in [5, 5.41) is 0. The number of rotatable bonds is 5. The van der Waals surface area contributed by atoms with E-state index in [0.29, 0.717) is 6.61 Å². The van der Waals surface area contributed by atoms with Crippen molar-refractivity contribution in [2.45, 2.75) is 13.3 Å². The van der Waals surface area contributed by atoms with Crippen LogP contribution in [0.5, 0.6) is 0 Å². The van der Waals surface area contributed by atoms with Gasteiger partial charge in [0.2, 0.25) is 0 Å². The van der Waals surface area contributed by atoms with Crippen LogP contribution < -0.4 is 5.48 Å². The molecule has 1 amide bonds. The standard InChI is InChI=1S/C6H12NO2S/c1-6(8)7-9-4-3-5-10-2/h3-5H2,1-2H3. The van der Waals surface area contributed by atoms with Crippen LogP contribution in [0.1, 0.15) is 13.3 Å². The van der Waals surface area contributed by atoms with Crippen LogP contribution in [0.3, 0.4) is 0 Å². The van der Waals surface area contributed by atoms with Gasteiger partial charge in [0, 0.05) is 6.92 Å². The molecule has 0 aliphatic heterocycles. The van der Waals surface area contributed by atoms with Gasteiger partial charge in [0.25, 0.3) is 5.91 Å². The molecule has 10 heavy (non-hydrogen) atoms. The molecule has 0 bridgehead atoms. The lowest BCUT2D eigenvalue weighted by Crippen LogP contribution is -2.12. The second-order valence-corrected chi connectivity index (χ2v) is 2.78. The highest BCUT2D eigenvalue weighted by atomic mass is 32.2. The van der Waals surface area contributed by atoms with Crippen molar-refractivity contribution in [3.63, 3.8) is 0 Å². The molecule has 59 valence electrons. The van der Waals surface area contributed by atoms with E-state index in [4.69, 9.17) is 0 Å². The Balaban J connectivity index is 2.84. The Bertz CT molecular complexity index is 97.7. The van der Waals surface area contributed by atoms with Gasteiger partial charge in [-0.2, -0.15) is 11.8 Å². The normalized spacial score (nSPS) is 9.40. The molecule has 0 N–H and O–H groups in total. The van der Waals surface area contributed by atoms with Crippen molar-refractivity contribution in [3.05, 3.63) is 0 Å². The molecule has 0 spiro atoms. The van der Waals surface area contributed by atoms with Crippen molar-refractivity contribution in [1.82, 2.24) is 5.48 Å². The van der Waals surface area contributed by atoms with E-state index in [0.717, 1.165) is 12.2 Å². The zero-order chi connectivity index (χ0) is 7.82. The Morgan fingerprint density at radius 1 is 1.70 bits per heavy atom. The number of hydrogen-bond donors (Lipinski definition) is 0. The fourth-order valence-electron chi connectivity index (χ4n) is 0.404. The lowest BCUT2D eigenvalue weighted by Gasteiger charge is -1.97. The third-order valence-electron chi connectivity index (χ3n) is 0.777. The largest absolute Gasteiger partial charge is 0.271 e. The zero-order valence-corrected chi connectivity index (χ0v) is 7.11. The minimum absolute atomic E-state index is 0.274. The van der Waals surface area contributed by atoms with Gasteiger partial charge in [0.05, 0.1) is 6.61 Å². The molecule has 3 nitrogen and oxygen atoms in total. The molecule has 0 unspecified atom stereocenters. The number of carbonyl (C=O) groups is 1. The third kappa shape index (κ3) is 7.78. The summed E-state index contributed by atoms with van der Waals surface area (Å²) in [6.45, 7) is 1.91. The predicted octanol–water partition coefficient (Wildman–Crippen LogP) is 0.822. The highest BCUT2D eigenvalue weighted by molar-refractivity contribution is 7.98. The van der Waals surface area contributed by atoms with E-state index in [1.807, 2.05) is 6.26 Å². The maximum absolute atomic E-state index is 10.2. The van der Waals surface area contributed by atoms with Crippen molar-refractivity contribution in [2.24, 2.45) is 0 Å². The van der Waals surface area contributed by atoms with Crippen LogP contribution in [0, 0.1) is 0 Å². The Kier molecular flexibility index (Phi) is 6.74. The molecule has 0 heterocycles. The number of amides is 1. The summed E-state index contributed by atoms with van der Waals surface area (Å²) in [7, 11) is 0. The fraction of sp³-hybridized carbons (Fsp3) is 0.833. The lowest BCUT2D eigenvalue weighted by molar-refractivity contribution is -0.132. The molecule has 4 heteroatoms. The van der Waals surface area contributed by atoms with E-state index in [2.05, 4.69) is 10.3 Å². The van der Waals surface area contributed by atoms with Crippen molar-refractivity contribution >= 4 is 17.7 Å². The third-order valence-corrected chi connectivity index (χ3v) is 1.47. The molecule has 0 atom stereocenters. The van der Waals surface area contributed by atoms with Gasteiger partial charge in [-0.1, -0.05) is 5.48 Å². The van der Waals surface area contributed by atoms with E-state index >= 15 is 0 Å². The Hall–Kier alpha value is -0.220. The zero-order valence-electron chi connectivity index (χ0n) is 6.29. The smallest absolute Gasteiger partial charge is 0.266 e. The van der Waals surface area contributed by atoms with Crippen LogP contribution >= 0.6 is 11.8 Å². The molecule has 0 fully saturated rings. The van der Waals surface area contributed by atoms with E-state index in [1.165, 1.54) is 6.92 Å². The average Bonchev–Trinajstić information content (AvgIpc) is 1.87. The van der Waals surface area contributed by atoms with Crippen molar-refractivity contribution < 1.29 is 9.63 Å². The summed E-state index contributed by atoms with van der Waals surface area (Å²) in [6, 6.07) is 0. The monoisotopic (exact) mass is 162 g/mol. The SMILES string of the molecule is CSCCCO[N]C(C)=O. The maximum Gasteiger partial charge on any atom is 0.266 e. The Morgan fingerprint density at radius 2 is 2.40 bits per heavy atom. The first-order valence-corrected chi connectivity index (χ1v) is 4.49. The van der Waals surface area contributed by atoms with Crippen LogP contribution in [0.15, 0.2) is 0 Å². The number of carbonyl (C=O) groups excluding carboxylic acids is 1. The van der Waals surface area contributed by atoms with Crippen LogP contribution in [0.4, 0.5) is 0 Å². The number of hydrogen-bond acceptors (Lipinski definition) is 3. The van der Waals surface area contributed by atoms with Crippen LogP contribution in [0.2, 0.25) is 0 Å². The summed E-state index contributed by atoms with van der Waals surface area (Å²) in [4.78, 5) is 14.8. The quantitative estimate of drug-likeness (QED) is 0.444. The summed E-state index contributed by atoms with van der Waals surface area (Å²) >= 11 is 1.75. The van der Waals surface area contributed by atoms with E-state index in [9.17, 15) is 4.79 Å². The summed E-state index contributed by atoms with van der Waals surface area (Å²) in [5.41, 5.74) is 3.25. The second-order valence-electron chi connectivity index (χ2n) is 1.79. The molecule has 1 radical (unpaired) electrons. The van der Waals surface area contributed by atoms with E-state index in [1.54, 1.807) is 11.8 Å². The topological polar surface area (TPSA) is 40.4 Å². The maximum atomic E-state index is 10.2. The average molecular weight is 162 g/mol. The fourth-order valence-corrected chi connectivity index (χ4v) is 0.811. The molecular weight excluding hydrogens is 150 g/mol. The van der Waals surface area contributed by atoms with Gasteiger partial charge in [0.15, 0.2) is 0 Å².